The van der Waals surface area contributed by atoms with E-state index in [1.54, 1.807) is 6.92 Å². The lowest BCUT2D eigenvalue weighted by Gasteiger charge is -2.35. The molecule has 5 rings (SSSR count). The predicted molar refractivity (Wildman–Crippen MR) is 154 cm³/mol. The molecule has 0 aromatic heterocycles. The molecule has 0 aliphatic carbocycles. The van der Waals surface area contributed by atoms with Crippen LogP contribution in [0.3, 0.4) is 0 Å². The first-order valence-corrected chi connectivity index (χ1v) is 13.9. The molecule has 6 nitrogen and oxygen atoms in total. The zero-order chi connectivity index (χ0) is 26.3. The molecule has 0 radical (unpaired) electrons. The van der Waals surface area contributed by atoms with E-state index in [0.717, 1.165) is 61.6 Å². The summed E-state index contributed by atoms with van der Waals surface area (Å²) in [4.78, 5) is 31.6. The zero-order valence-electron chi connectivity index (χ0n) is 22.3. The van der Waals surface area contributed by atoms with E-state index in [1.807, 2.05) is 35.2 Å². The maximum atomic E-state index is 13.4. The minimum atomic E-state index is -0.210. The van der Waals surface area contributed by atoms with Crippen molar-refractivity contribution >= 4 is 23.2 Å². The van der Waals surface area contributed by atoms with Crippen molar-refractivity contribution in [1.82, 2.24) is 10.2 Å². The van der Waals surface area contributed by atoms with Gasteiger partial charge in [-0.15, -0.1) is 0 Å². The van der Waals surface area contributed by atoms with Gasteiger partial charge in [0.15, 0.2) is 0 Å². The molecule has 0 saturated carbocycles. The lowest BCUT2D eigenvalue weighted by atomic mass is 9.95. The minimum Gasteiger partial charge on any atom is -0.371 e. The molecule has 3 aromatic rings. The fourth-order valence-electron chi connectivity index (χ4n) is 5.64. The quantitative estimate of drug-likeness (QED) is 0.497. The maximum Gasteiger partial charge on any atom is 0.225 e. The van der Waals surface area contributed by atoms with Gasteiger partial charge in [0, 0.05) is 63.1 Å². The summed E-state index contributed by atoms with van der Waals surface area (Å²) < 4.78 is 0. The Kier molecular flexibility index (Phi) is 8.27. The Morgan fingerprint density at radius 1 is 0.737 bits per heavy atom. The van der Waals surface area contributed by atoms with Crippen LogP contribution in [0.1, 0.15) is 48.9 Å². The van der Waals surface area contributed by atoms with Crippen LogP contribution >= 0.6 is 0 Å². The second kappa shape index (κ2) is 12.2. The Morgan fingerprint density at radius 3 is 2.08 bits per heavy atom. The smallest absolute Gasteiger partial charge is 0.225 e. The molecule has 2 amide bonds. The summed E-state index contributed by atoms with van der Waals surface area (Å²) in [5.74, 6) is 0.147. The van der Waals surface area contributed by atoms with Crippen LogP contribution in [0.2, 0.25) is 0 Å². The van der Waals surface area contributed by atoms with Crippen molar-refractivity contribution in [3.8, 4) is 0 Å². The van der Waals surface area contributed by atoms with Gasteiger partial charge in [-0.3, -0.25) is 9.59 Å². The summed E-state index contributed by atoms with van der Waals surface area (Å²) in [5.41, 5.74) is 5.58. The highest BCUT2D eigenvalue weighted by Crippen LogP contribution is 2.32. The van der Waals surface area contributed by atoms with Crippen LogP contribution in [0.5, 0.6) is 0 Å². The Morgan fingerprint density at radius 2 is 1.39 bits per heavy atom. The van der Waals surface area contributed by atoms with Crippen molar-refractivity contribution in [2.24, 2.45) is 0 Å². The lowest BCUT2D eigenvalue weighted by molar-refractivity contribution is -0.129. The van der Waals surface area contributed by atoms with Gasteiger partial charge in [0.2, 0.25) is 11.8 Å². The van der Waals surface area contributed by atoms with Crippen molar-refractivity contribution in [1.29, 1.82) is 0 Å². The van der Waals surface area contributed by atoms with Gasteiger partial charge in [0.25, 0.3) is 0 Å². The highest BCUT2D eigenvalue weighted by molar-refractivity contribution is 5.80. The summed E-state index contributed by atoms with van der Waals surface area (Å²) in [7, 11) is 0. The van der Waals surface area contributed by atoms with Gasteiger partial charge < -0.3 is 20.0 Å². The topological polar surface area (TPSA) is 55.9 Å². The van der Waals surface area contributed by atoms with Crippen LogP contribution in [0.15, 0.2) is 78.9 Å². The number of para-hydroxylation sites is 1. The van der Waals surface area contributed by atoms with Gasteiger partial charge in [-0.1, -0.05) is 60.7 Å². The van der Waals surface area contributed by atoms with Crippen LogP contribution in [-0.4, -0.2) is 56.0 Å². The van der Waals surface area contributed by atoms with Crippen molar-refractivity contribution in [3.63, 3.8) is 0 Å². The number of anilines is 2. The molecule has 38 heavy (non-hydrogen) atoms. The number of piperidine rings is 1. The average Bonchev–Trinajstić information content (AvgIpc) is 2.97. The largest absolute Gasteiger partial charge is 0.371 e. The molecule has 2 aliphatic heterocycles. The highest BCUT2D eigenvalue weighted by Gasteiger charge is 2.23. The van der Waals surface area contributed by atoms with Gasteiger partial charge in [0.05, 0.1) is 12.5 Å². The normalized spacial score (nSPS) is 16.7. The first kappa shape index (κ1) is 25.8. The van der Waals surface area contributed by atoms with E-state index >= 15 is 0 Å². The summed E-state index contributed by atoms with van der Waals surface area (Å²) in [6.45, 7) is 6.90. The van der Waals surface area contributed by atoms with Crippen molar-refractivity contribution in [2.75, 3.05) is 49.1 Å². The van der Waals surface area contributed by atoms with Crippen LogP contribution in [0.4, 0.5) is 11.4 Å². The van der Waals surface area contributed by atoms with Crippen LogP contribution in [0, 0.1) is 0 Å². The molecule has 1 unspecified atom stereocenters. The van der Waals surface area contributed by atoms with E-state index in [-0.39, 0.29) is 17.9 Å². The monoisotopic (exact) mass is 510 g/mol. The number of rotatable bonds is 7. The number of hydrogen-bond donors (Lipinski definition) is 1. The number of nitrogens with zero attached hydrogens (tertiary/aromatic N) is 3. The van der Waals surface area contributed by atoms with Crippen molar-refractivity contribution in [3.05, 3.63) is 95.6 Å². The molecule has 0 bridgehead atoms. The molecular formula is C32H38N4O2. The third kappa shape index (κ3) is 6.18. The molecule has 0 spiro atoms. The first-order chi connectivity index (χ1) is 18.6. The molecule has 6 heteroatoms. The third-order valence-corrected chi connectivity index (χ3v) is 7.77. The predicted octanol–water partition coefficient (Wildman–Crippen LogP) is 4.79. The molecular weight excluding hydrogens is 472 g/mol. The second-order valence-corrected chi connectivity index (χ2v) is 10.4. The van der Waals surface area contributed by atoms with Crippen molar-refractivity contribution < 1.29 is 9.59 Å². The van der Waals surface area contributed by atoms with E-state index in [4.69, 9.17) is 0 Å². The van der Waals surface area contributed by atoms with Crippen molar-refractivity contribution in [2.45, 2.75) is 38.6 Å². The van der Waals surface area contributed by atoms with Crippen LogP contribution in [-0.2, 0) is 16.0 Å². The minimum absolute atomic E-state index is 0.00937. The van der Waals surface area contributed by atoms with E-state index in [2.05, 4.69) is 63.6 Å². The lowest BCUT2D eigenvalue weighted by Crippen LogP contribution is -2.48. The van der Waals surface area contributed by atoms with E-state index in [0.29, 0.717) is 6.42 Å². The Bertz CT molecular complexity index is 1210. The Labute approximate surface area is 226 Å². The number of nitrogens with one attached hydrogen (secondary N) is 1. The van der Waals surface area contributed by atoms with Gasteiger partial charge in [-0.2, -0.15) is 0 Å². The fourth-order valence-corrected chi connectivity index (χ4v) is 5.64. The molecule has 2 aliphatic rings. The van der Waals surface area contributed by atoms with Gasteiger partial charge in [-0.25, -0.2) is 0 Å². The Hall–Kier alpha value is -3.80. The molecule has 2 heterocycles. The summed E-state index contributed by atoms with van der Waals surface area (Å²) >= 11 is 0. The van der Waals surface area contributed by atoms with Gasteiger partial charge in [0.1, 0.15) is 0 Å². The van der Waals surface area contributed by atoms with Crippen LogP contribution < -0.4 is 15.1 Å². The number of amides is 2. The van der Waals surface area contributed by atoms with Gasteiger partial charge in [-0.05, 0) is 48.6 Å². The van der Waals surface area contributed by atoms with E-state index in [9.17, 15) is 9.59 Å². The summed E-state index contributed by atoms with van der Waals surface area (Å²) in [6.07, 6.45) is 4.02. The molecule has 2 saturated heterocycles. The SMILES string of the molecule is CC(=O)N1CCN(c2ccc(CC(=O)NC(c3ccccc3)c3ccccc3N3CCCCC3)cc2)CC1. The zero-order valence-corrected chi connectivity index (χ0v) is 22.3. The molecule has 3 aromatic carbocycles. The fraction of sp³-hybridized carbons (Fsp3) is 0.375. The van der Waals surface area contributed by atoms with E-state index < -0.39 is 0 Å². The highest BCUT2D eigenvalue weighted by atomic mass is 16.2. The summed E-state index contributed by atoms with van der Waals surface area (Å²) in [5, 5.41) is 3.36. The number of carbonyl (C=O) groups excluding carboxylic acids is 2. The molecule has 2 fully saturated rings. The van der Waals surface area contributed by atoms with Gasteiger partial charge >= 0.3 is 0 Å². The standard InChI is InChI=1S/C32H38N4O2/c1-25(37)34-20-22-35(23-21-34)28-16-14-26(15-17-28)24-31(38)33-32(27-10-4-2-5-11-27)29-12-6-7-13-30(29)36-18-8-3-9-19-36/h2,4-7,10-17,32H,3,8-9,18-24H2,1H3,(H,33,38). The second-order valence-electron chi connectivity index (χ2n) is 10.4. The molecule has 198 valence electrons. The summed E-state index contributed by atoms with van der Waals surface area (Å²) in [6, 6.07) is 26.9. The van der Waals surface area contributed by atoms with E-state index in [1.165, 1.54) is 24.9 Å². The van der Waals surface area contributed by atoms with Crippen LogP contribution in [0.25, 0.3) is 0 Å². The molecule has 1 atom stereocenters. The Balaban J connectivity index is 1.29. The molecule has 1 N–H and O–H groups in total. The average molecular weight is 511 g/mol. The first-order valence-electron chi connectivity index (χ1n) is 13.9. The third-order valence-electron chi connectivity index (χ3n) is 7.77. The number of hydrogen-bond acceptors (Lipinski definition) is 4. The maximum absolute atomic E-state index is 13.4. The number of carbonyl (C=O) groups is 2. The number of piperazine rings is 1. The number of benzene rings is 3.